The maximum absolute atomic E-state index is 13.2. The van der Waals surface area contributed by atoms with Gasteiger partial charge in [0.05, 0.1) is 18.8 Å². The molecule has 7 heteroatoms. The number of hydrogen-bond acceptors (Lipinski definition) is 6. The number of allylic oxidation sites excluding steroid dienone is 1. The van der Waals surface area contributed by atoms with Crippen LogP contribution in [0.3, 0.4) is 0 Å². The Kier molecular flexibility index (Phi) is 7.27. The first-order valence-electron chi connectivity index (χ1n) is 6.99. The molecule has 23 heavy (non-hydrogen) atoms. The fourth-order valence-electron chi connectivity index (χ4n) is 1.69. The van der Waals surface area contributed by atoms with Gasteiger partial charge in [-0.2, -0.15) is 5.26 Å². The molecule has 1 N–H and O–H groups in total. The summed E-state index contributed by atoms with van der Waals surface area (Å²) >= 11 is 0. The highest BCUT2D eigenvalue weighted by atomic mass is 19.1. The van der Waals surface area contributed by atoms with Crippen LogP contribution in [0.1, 0.15) is 19.4 Å². The molecule has 0 spiro atoms. The van der Waals surface area contributed by atoms with Gasteiger partial charge in [0.15, 0.2) is 0 Å². The molecule has 0 aliphatic carbocycles. The Morgan fingerprint density at radius 2 is 1.91 bits per heavy atom. The first kappa shape index (κ1) is 18.2. The molecule has 0 atom stereocenters. The van der Waals surface area contributed by atoms with Gasteiger partial charge in [-0.1, -0.05) is 12.1 Å². The van der Waals surface area contributed by atoms with Crippen molar-refractivity contribution in [2.24, 2.45) is 0 Å². The van der Waals surface area contributed by atoms with E-state index in [1.807, 2.05) is 6.07 Å². The average Bonchev–Trinajstić information content (AvgIpc) is 2.52. The quantitative estimate of drug-likeness (QED) is 0.468. The van der Waals surface area contributed by atoms with Crippen LogP contribution >= 0.6 is 0 Å². The summed E-state index contributed by atoms with van der Waals surface area (Å²) < 4.78 is 22.8. The minimum Gasteiger partial charge on any atom is -0.464 e. The number of ether oxygens (including phenoxy) is 2. The number of carbonyl (C=O) groups is 2. The van der Waals surface area contributed by atoms with Gasteiger partial charge in [-0.25, -0.2) is 14.0 Å². The van der Waals surface area contributed by atoms with Crippen LogP contribution in [0.15, 0.2) is 30.5 Å². The van der Waals surface area contributed by atoms with Gasteiger partial charge in [-0.15, -0.1) is 0 Å². The maximum atomic E-state index is 13.2. The lowest BCUT2D eigenvalue weighted by Crippen LogP contribution is -2.43. The molecule has 0 amide bonds. The Hall–Kier alpha value is -2.88. The second kappa shape index (κ2) is 9.20. The molecule has 0 aliphatic rings. The minimum absolute atomic E-state index is 0.0584. The van der Waals surface area contributed by atoms with Crippen molar-refractivity contribution in [2.45, 2.75) is 19.9 Å². The fraction of sp³-hybridized carbons (Fsp3) is 0.312. The van der Waals surface area contributed by atoms with Crippen LogP contribution in [-0.4, -0.2) is 31.2 Å². The number of benzene rings is 1. The molecule has 1 rings (SSSR count). The standard InChI is InChI=1S/C16H17FN2O4/c1-3-22-15(20)14(16(21)23-4-2)19-10-12(9-18)11-6-5-7-13(17)8-11/h5-8,10,14,19H,3-4H2,1-2H3/b12-10+. The molecule has 0 saturated carbocycles. The van der Waals surface area contributed by atoms with E-state index in [0.717, 1.165) is 6.20 Å². The van der Waals surface area contributed by atoms with Crippen molar-refractivity contribution in [1.82, 2.24) is 5.32 Å². The number of nitrogens with one attached hydrogen (secondary N) is 1. The van der Waals surface area contributed by atoms with E-state index in [0.29, 0.717) is 5.56 Å². The van der Waals surface area contributed by atoms with Gasteiger partial charge in [0, 0.05) is 6.20 Å². The van der Waals surface area contributed by atoms with Crippen LogP contribution in [0.5, 0.6) is 0 Å². The minimum atomic E-state index is -1.40. The second-order valence-corrected chi connectivity index (χ2v) is 4.28. The molecule has 122 valence electrons. The van der Waals surface area contributed by atoms with Gasteiger partial charge in [-0.3, -0.25) is 0 Å². The molecule has 1 aromatic rings. The highest BCUT2D eigenvalue weighted by molar-refractivity contribution is 5.99. The number of nitriles is 1. The Labute approximate surface area is 133 Å². The molecule has 1 aromatic carbocycles. The summed E-state index contributed by atoms with van der Waals surface area (Å²) in [5.41, 5.74) is 0.370. The van der Waals surface area contributed by atoms with E-state index in [-0.39, 0.29) is 18.8 Å². The third-order valence-corrected chi connectivity index (χ3v) is 2.70. The van der Waals surface area contributed by atoms with Crippen LogP contribution in [0.25, 0.3) is 5.57 Å². The number of esters is 2. The first-order valence-corrected chi connectivity index (χ1v) is 6.99. The lowest BCUT2D eigenvalue weighted by molar-refractivity contribution is -0.157. The highest BCUT2D eigenvalue weighted by Gasteiger charge is 2.28. The summed E-state index contributed by atoms with van der Waals surface area (Å²) in [6, 6.07) is 5.86. The van der Waals surface area contributed by atoms with Crippen molar-refractivity contribution in [1.29, 1.82) is 5.26 Å². The first-order chi connectivity index (χ1) is 11.0. The topological polar surface area (TPSA) is 88.4 Å². The van der Waals surface area contributed by atoms with Crippen LogP contribution in [0.4, 0.5) is 4.39 Å². The molecule has 0 fully saturated rings. The number of rotatable bonds is 7. The van der Waals surface area contributed by atoms with E-state index in [9.17, 15) is 14.0 Å². The SMILES string of the molecule is CCOC(=O)C(N/C=C(\C#N)c1cccc(F)c1)C(=O)OCC. The molecule has 0 aliphatic heterocycles. The summed E-state index contributed by atoms with van der Waals surface area (Å²) in [5, 5.41) is 11.7. The summed E-state index contributed by atoms with van der Waals surface area (Å²) in [4.78, 5) is 23.6. The molecule has 0 heterocycles. The Bertz CT molecular complexity index is 619. The van der Waals surface area contributed by atoms with Gasteiger partial charge in [0.2, 0.25) is 6.04 Å². The molecule has 0 aromatic heterocycles. The zero-order chi connectivity index (χ0) is 17.2. The van der Waals surface area contributed by atoms with E-state index >= 15 is 0 Å². The molecule has 0 radical (unpaired) electrons. The number of nitrogens with zero attached hydrogens (tertiary/aromatic N) is 1. The van der Waals surface area contributed by atoms with Gasteiger partial charge in [-0.05, 0) is 31.5 Å². The summed E-state index contributed by atoms with van der Waals surface area (Å²) in [6.07, 6.45) is 1.16. The Balaban J connectivity index is 2.99. The third kappa shape index (κ3) is 5.43. The molecule has 6 nitrogen and oxygen atoms in total. The normalized spacial score (nSPS) is 10.8. The smallest absolute Gasteiger partial charge is 0.340 e. The lowest BCUT2D eigenvalue weighted by Gasteiger charge is -2.14. The largest absolute Gasteiger partial charge is 0.464 e. The van der Waals surface area contributed by atoms with Gasteiger partial charge in [0.25, 0.3) is 0 Å². The van der Waals surface area contributed by atoms with Crippen molar-refractivity contribution in [3.8, 4) is 6.07 Å². The molecule has 0 unspecified atom stereocenters. The van der Waals surface area contributed by atoms with Gasteiger partial charge in [0.1, 0.15) is 11.9 Å². The lowest BCUT2D eigenvalue weighted by atomic mass is 10.1. The van der Waals surface area contributed by atoms with E-state index in [2.05, 4.69) is 5.32 Å². The predicted octanol–water partition coefficient (Wildman–Crippen LogP) is 1.77. The van der Waals surface area contributed by atoms with Crippen molar-refractivity contribution >= 4 is 17.5 Å². The number of halogens is 1. The summed E-state index contributed by atoms with van der Waals surface area (Å²) in [5.74, 6) is -2.14. The highest BCUT2D eigenvalue weighted by Crippen LogP contribution is 2.14. The molecular weight excluding hydrogens is 303 g/mol. The molecule has 0 bridgehead atoms. The van der Waals surface area contributed by atoms with Crippen molar-refractivity contribution in [3.05, 3.63) is 41.8 Å². The second-order valence-electron chi connectivity index (χ2n) is 4.28. The van der Waals surface area contributed by atoms with Crippen LogP contribution in [-0.2, 0) is 19.1 Å². The Morgan fingerprint density at radius 1 is 1.30 bits per heavy atom. The number of carbonyl (C=O) groups excluding carboxylic acids is 2. The molecule has 0 saturated heterocycles. The predicted molar refractivity (Wildman–Crippen MR) is 80.2 cm³/mol. The summed E-state index contributed by atoms with van der Waals surface area (Å²) in [7, 11) is 0. The van der Waals surface area contributed by atoms with Gasteiger partial charge >= 0.3 is 11.9 Å². The van der Waals surface area contributed by atoms with E-state index in [1.54, 1.807) is 13.8 Å². The van der Waals surface area contributed by atoms with Crippen molar-refractivity contribution in [3.63, 3.8) is 0 Å². The zero-order valence-electron chi connectivity index (χ0n) is 12.8. The monoisotopic (exact) mass is 320 g/mol. The maximum Gasteiger partial charge on any atom is 0.340 e. The van der Waals surface area contributed by atoms with E-state index in [4.69, 9.17) is 14.7 Å². The van der Waals surface area contributed by atoms with Crippen molar-refractivity contribution in [2.75, 3.05) is 13.2 Å². The van der Waals surface area contributed by atoms with Crippen molar-refractivity contribution < 1.29 is 23.5 Å². The zero-order valence-corrected chi connectivity index (χ0v) is 12.8. The number of hydrogen-bond donors (Lipinski definition) is 1. The summed E-state index contributed by atoms with van der Waals surface area (Å²) in [6.45, 7) is 3.39. The fourth-order valence-corrected chi connectivity index (χ4v) is 1.69. The van der Waals surface area contributed by atoms with Gasteiger partial charge < -0.3 is 14.8 Å². The third-order valence-electron chi connectivity index (χ3n) is 2.70. The van der Waals surface area contributed by atoms with Crippen LogP contribution in [0, 0.1) is 17.1 Å². The Morgan fingerprint density at radius 3 is 2.39 bits per heavy atom. The molecular formula is C16H17FN2O4. The average molecular weight is 320 g/mol. The van der Waals surface area contributed by atoms with Crippen LogP contribution in [0.2, 0.25) is 0 Å². The van der Waals surface area contributed by atoms with E-state index < -0.39 is 23.8 Å². The van der Waals surface area contributed by atoms with E-state index in [1.165, 1.54) is 24.3 Å². The van der Waals surface area contributed by atoms with Crippen LogP contribution < -0.4 is 5.32 Å².